The number of rotatable bonds is 5. The lowest BCUT2D eigenvalue weighted by molar-refractivity contribution is 0.141. The fourth-order valence-corrected chi connectivity index (χ4v) is 3.07. The van der Waals surface area contributed by atoms with Crippen LogP contribution in [0.15, 0.2) is 0 Å². The highest BCUT2D eigenvalue weighted by atomic mass is 16.3. The zero-order valence-electron chi connectivity index (χ0n) is 12.0. The summed E-state index contributed by atoms with van der Waals surface area (Å²) in [6.07, 6.45) is 4.45. The van der Waals surface area contributed by atoms with Crippen LogP contribution in [0, 0.1) is 11.3 Å². The Morgan fingerprint density at radius 3 is 2.59 bits per heavy atom. The first-order valence-corrected chi connectivity index (χ1v) is 6.85. The van der Waals surface area contributed by atoms with E-state index in [2.05, 4.69) is 32.7 Å². The highest BCUT2D eigenvalue weighted by molar-refractivity contribution is 4.96. The van der Waals surface area contributed by atoms with Crippen LogP contribution in [0.3, 0.4) is 0 Å². The maximum Gasteiger partial charge on any atom is 0.0613 e. The summed E-state index contributed by atoms with van der Waals surface area (Å²) in [5.41, 5.74) is 6.29. The molecule has 3 N–H and O–H groups in total. The third kappa shape index (κ3) is 4.57. The van der Waals surface area contributed by atoms with E-state index in [0.717, 1.165) is 25.9 Å². The van der Waals surface area contributed by atoms with E-state index >= 15 is 0 Å². The normalized spacial score (nSPS) is 30.2. The molecule has 0 amide bonds. The van der Waals surface area contributed by atoms with Gasteiger partial charge in [-0.25, -0.2) is 0 Å². The van der Waals surface area contributed by atoms with Gasteiger partial charge in [0.25, 0.3) is 0 Å². The van der Waals surface area contributed by atoms with Crippen molar-refractivity contribution in [1.29, 1.82) is 0 Å². The minimum Gasteiger partial charge on any atom is -0.394 e. The molecule has 1 saturated carbocycles. The Morgan fingerprint density at radius 2 is 2.06 bits per heavy atom. The van der Waals surface area contributed by atoms with Crippen molar-refractivity contribution in [2.75, 3.05) is 26.7 Å². The second kappa shape index (κ2) is 5.68. The largest absolute Gasteiger partial charge is 0.394 e. The summed E-state index contributed by atoms with van der Waals surface area (Å²) in [6.45, 7) is 9.12. The van der Waals surface area contributed by atoms with Gasteiger partial charge in [-0.05, 0) is 44.2 Å². The predicted octanol–water partition coefficient (Wildman–Crippen LogP) is 1.84. The quantitative estimate of drug-likeness (QED) is 0.773. The average Bonchev–Trinajstić information content (AvgIpc) is 2.55. The van der Waals surface area contributed by atoms with E-state index in [4.69, 9.17) is 5.73 Å². The molecule has 0 bridgehead atoms. The molecule has 0 saturated heterocycles. The molecular formula is C14H30N2O. The molecule has 17 heavy (non-hydrogen) atoms. The Bertz CT molecular complexity index is 237. The summed E-state index contributed by atoms with van der Waals surface area (Å²) in [5, 5.41) is 9.41. The Hall–Kier alpha value is -0.120. The Balaban J connectivity index is 2.35. The van der Waals surface area contributed by atoms with Gasteiger partial charge < -0.3 is 15.7 Å². The van der Waals surface area contributed by atoms with Gasteiger partial charge in [0.05, 0.1) is 6.61 Å². The molecule has 2 unspecified atom stereocenters. The first-order valence-electron chi connectivity index (χ1n) is 6.85. The van der Waals surface area contributed by atoms with Crippen LogP contribution in [0.4, 0.5) is 0 Å². The van der Waals surface area contributed by atoms with Crippen molar-refractivity contribution >= 4 is 0 Å². The average molecular weight is 242 g/mol. The molecule has 3 nitrogen and oxygen atoms in total. The second-order valence-corrected chi connectivity index (χ2v) is 7.07. The van der Waals surface area contributed by atoms with Crippen LogP contribution in [0.5, 0.6) is 0 Å². The van der Waals surface area contributed by atoms with E-state index in [9.17, 15) is 5.11 Å². The molecule has 1 fully saturated rings. The molecule has 0 aromatic carbocycles. The van der Waals surface area contributed by atoms with Gasteiger partial charge in [-0.1, -0.05) is 27.2 Å². The van der Waals surface area contributed by atoms with Crippen LogP contribution in [-0.2, 0) is 0 Å². The van der Waals surface area contributed by atoms with Crippen molar-refractivity contribution in [3.63, 3.8) is 0 Å². The molecule has 0 radical (unpaired) electrons. The molecule has 0 heterocycles. The van der Waals surface area contributed by atoms with Crippen LogP contribution in [0.25, 0.3) is 0 Å². The van der Waals surface area contributed by atoms with E-state index in [1.807, 2.05) is 0 Å². The lowest BCUT2D eigenvalue weighted by Crippen LogP contribution is -2.47. The van der Waals surface area contributed by atoms with Crippen molar-refractivity contribution < 1.29 is 5.11 Å². The van der Waals surface area contributed by atoms with Gasteiger partial charge in [0.1, 0.15) is 0 Å². The van der Waals surface area contributed by atoms with Crippen molar-refractivity contribution in [2.24, 2.45) is 17.1 Å². The number of hydrogen-bond donors (Lipinski definition) is 2. The van der Waals surface area contributed by atoms with Gasteiger partial charge in [0.15, 0.2) is 0 Å². The fourth-order valence-electron chi connectivity index (χ4n) is 3.07. The highest BCUT2D eigenvalue weighted by Crippen LogP contribution is 2.35. The number of nitrogens with zero attached hydrogens (tertiary/aromatic N) is 1. The van der Waals surface area contributed by atoms with Crippen LogP contribution >= 0.6 is 0 Å². The molecule has 1 aliphatic rings. The van der Waals surface area contributed by atoms with Gasteiger partial charge in [0, 0.05) is 12.1 Å². The summed E-state index contributed by atoms with van der Waals surface area (Å²) in [4.78, 5) is 2.39. The molecule has 102 valence electrons. The zero-order chi connectivity index (χ0) is 13.1. The second-order valence-electron chi connectivity index (χ2n) is 7.07. The van der Waals surface area contributed by atoms with Crippen molar-refractivity contribution in [3.8, 4) is 0 Å². The van der Waals surface area contributed by atoms with Gasteiger partial charge in [-0.15, -0.1) is 0 Å². The van der Waals surface area contributed by atoms with Gasteiger partial charge in [0.2, 0.25) is 0 Å². The monoisotopic (exact) mass is 242 g/mol. The molecule has 0 aromatic rings. The summed E-state index contributed by atoms with van der Waals surface area (Å²) in [5.74, 6) is 0.495. The Morgan fingerprint density at radius 1 is 1.41 bits per heavy atom. The zero-order valence-corrected chi connectivity index (χ0v) is 12.0. The summed E-state index contributed by atoms with van der Waals surface area (Å²) in [7, 11) is 2.18. The molecular weight excluding hydrogens is 212 g/mol. The fraction of sp³-hybridized carbons (Fsp3) is 1.00. The lowest BCUT2D eigenvalue weighted by Gasteiger charge is -2.32. The topological polar surface area (TPSA) is 49.5 Å². The van der Waals surface area contributed by atoms with Gasteiger partial charge in [-0.3, -0.25) is 0 Å². The molecule has 1 rings (SSSR count). The van der Waals surface area contributed by atoms with Crippen LogP contribution in [-0.4, -0.2) is 42.3 Å². The SMILES string of the molecule is CN(CCC1CCCC1(N)CO)CC(C)(C)C. The van der Waals surface area contributed by atoms with E-state index in [0.29, 0.717) is 11.3 Å². The first-order chi connectivity index (χ1) is 7.77. The minimum atomic E-state index is -0.303. The molecule has 0 spiro atoms. The number of aliphatic hydroxyl groups is 1. The van der Waals surface area contributed by atoms with Crippen LogP contribution in [0.1, 0.15) is 46.5 Å². The van der Waals surface area contributed by atoms with Crippen LogP contribution in [0.2, 0.25) is 0 Å². The Kier molecular flexibility index (Phi) is 4.99. The van der Waals surface area contributed by atoms with Crippen molar-refractivity contribution in [1.82, 2.24) is 4.90 Å². The third-order valence-electron chi connectivity index (χ3n) is 3.91. The minimum absolute atomic E-state index is 0.140. The lowest BCUT2D eigenvalue weighted by atomic mass is 9.86. The molecule has 3 heteroatoms. The van der Waals surface area contributed by atoms with Gasteiger partial charge >= 0.3 is 0 Å². The van der Waals surface area contributed by atoms with E-state index in [1.54, 1.807) is 0 Å². The summed E-state index contributed by atoms with van der Waals surface area (Å²) in [6, 6.07) is 0. The maximum absolute atomic E-state index is 9.41. The van der Waals surface area contributed by atoms with E-state index in [-0.39, 0.29) is 12.1 Å². The first kappa shape index (κ1) is 14.9. The maximum atomic E-state index is 9.41. The summed E-state index contributed by atoms with van der Waals surface area (Å²) < 4.78 is 0. The smallest absolute Gasteiger partial charge is 0.0613 e. The number of nitrogens with two attached hydrogens (primary N) is 1. The molecule has 1 aliphatic carbocycles. The molecule has 0 aromatic heterocycles. The third-order valence-corrected chi connectivity index (χ3v) is 3.91. The van der Waals surface area contributed by atoms with Crippen molar-refractivity contribution in [3.05, 3.63) is 0 Å². The number of hydrogen-bond acceptors (Lipinski definition) is 3. The Labute approximate surface area is 106 Å². The van der Waals surface area contributed by atoms with Gasteiger partial charge in [-0.2, -0.15) is 0 Å². The standard InChI is InChI=1S/C14H30N2O/c1-13(2,3)10-16(4)9-7-12-6-5-8-14(12,15)11-17/h12,17H,5-11,15H2,1-4H3. The molecule has 2 atom stereocenters. The van der Waals surface area contributed by atoms with E-state index < -0.39 is 0 Å². The van der Waals surface area contributed by atoms with E-state index in [1.165, 1.54) is 12.8 Å². The van der Waals surface area contributed by atoms with Crippen molar-refractivity contribution in [2.45, 2.75) is 52.0 Å². The van der Waals surface area contributed by atoms with Crippen LogP contribution < -0.4 is 5.73 Å². The predicted molar refractivity (Wildman–Crippen MR) is 72.9 cm³/mol. The summed E-state index contributed by atoms with van der Waals surface area (Å²) >= 11 is 0. The molecule has 0 aliphatic heterocycles. The highest BCUT2D eigenvalue weighted by Gasteiger charge is 2.38. The number of aliphatic hydroxyl groups excluding tert-OH is 1.